The van der Waals surface area contributed by atoms with E-state index in [1.807, 2.05) is 17.7 Å². The number of halogens is 2. The van der Waals surface area contributed by atoms with Crippen LogP contribution in [0.1, 0.15) is 0 Å². The number of rotatable bonds is 1. The zero-order valence-corrected chi connectivity index (χ0v) is 11.6. The van der Waals surface area contributed by atoms with Crippen LogP contribution >= 0.6 is 0 Å². The van der Waals surface area contributed by atoms with Crippen molar-refractivity contribution in [2.75, 3.05) is 5.73 Å². The first-order chi connectivity index (χ1) is 10.6. The Balaban J connectivity index is 2.10. The number of hydrogen-bond acceptors (Lipinski definition) is 3. The van der Waals surface area contributed by atoms with Crippen LogP contribution in [0, 0.1) is 11.6 Å². The highest BCUT2D eigenvalue weighted by Crippen LogP contribution is 2.27. The summed E-state index contributed by atoms with van der Waals surface area (Å²) >= 11 is 0. The molecule has 2 N–H and O–H groups in total. The van der Waals surface area contributed by atoms with Crippen molar-refractivity contribution < 1.29 is 8.78 Å². The van der Waals surface area contributed by atoms with E-state index < -0.39 is 11.6 Å². The van der Waals surface area contributed by atoms with Crippen molar-refractivity contribution in [3.63, 3.8) is 0 Å². The normalized spacial score (nSPS) is 11.6. The van der Waals surface area contributed by atoms with Gasteiger partial charge in [0.2, 0.25) is 5.78 Å². The Kier molecular flexibility index (Phi) is 2.47. The fraction of sp³-hybridized carbons (Fsp3) is 0.0667. The summed E-state index contributed by atoms with van der Waals surface area (Å²) in [6.07, 6.45) is 0. The first kappa shape index (κ1) is 12.8. The number of nitrogen functional groups attached to an aromatic ring is 1. The predicted octanol–water partition coefficient (Wildman–Crippen LogP) is 2.75. The molecule has 4 aromatic rings. The van der Waals surface area contributed by atoms with E-state index in [2.05, 4.69) is 10.2 Å². The molecule has 0 fully saturated rings. The van der Waals surface area contributed by atoms with Gasteiger partial charge in [0.1, 0.15) is 0 Å². The molecular formula is C15H11F2N5. The molecule has 0 amide bonds. The molecule has 0 aliphatic heterocycles. The summed E-state index contributed by atoms with van der Waals surface area (Å²) in [6.45, 7) is 0. The Hall–Kier alpha value is -2.96. The van der Waals surface area contributed by atoms with E-state index in [-0.39, 0.29) is 0 Å². The molecule has 0 unspecified atom stereocenters. The summed E-state index contributed by atoms with van der Waals surface area (Å²) in [6, 6.07) is 9.14. The van der Waals surface area contributed by atoms with Crippen molar-refractivity contribution >= 4 is 22.5 Å². The summed E-state index contributed by atoms with van der Waals surface area (Å²) < 4.78 is 30.3. The quantitative estimate of drug-likeness (QED) is 0.550. The minimum atomic E-state index is -0.922. The predicted molar refractivity (Wildman–Crippen MR) is 79.2 cm³/mol. The largest absolute Gasteiger partial charge is 0.399 e. The van der Waals surface area contributed by atoms with E-state index in [4.69, 9.17) is 5.73 Å². The maximum absolute atomic E-state index is 13.5. The SMILES string of the molecule is Cn1c2ccc(N)cc2n2c(-c3ccc(F)c(F)c3)nnc12. The van der Waals surface area contributed by atoms with E-state index in [1.165, 1.54) is 6.07 Å². The number of fused-ring (bicyclic) bond motifs is 3. The van der Waals surface area contributed by atoms with E-state index in [0.717, 1.165) is 23.2 Å². The number of anilines is 1. The molecule has 0 aliphatic rings. The third kappa shape index (κ3) is 1.62. The lowest BCUT2D eigenvalue weighted by Gasteiger charge is -2.01. The molecule has 2 aromatic carbocycles. The van der Waals surface area contributed by atoms with Crippen LogP contribution in [0.2, 0.25) is 0 Å². The summed E-state index contributed by atoms with van der Waals surface area (Å²) in [5.74, 6) is -0.786. The van der Waals surface area contributed by atoms with Crippen LogP contribution in [-0.4, -0.2) is 19.2 Å². The van der Waals surface area contributed by atoms with Gasteiger partial charge in [-0.15, -0.1) is 10.2 Å². The minimum absolute atomic E-state index is 0.435. The standard InChI is InChI=1S/C15H11F2N5/c1-21-12-5-3-9(18)7-13(12)22-14(19-20-15(21)22)8-2-4-10(16)11(17)6-8/h2-7H,18H2,1H3. The zero-order chi connectivity index (χ0) is 15.4. The highest BCUT2D eigenvalue weighted by molar-refractivity contribution is 5.85. The highest BCUT2D eigenvalue weighted by atomic mass is 19.2. The van der Waals surface area contributed by atoms with Gasteiger partial charge in [-0.05, 0) is 36.4 Å². The van der Waals surface area contributed by atoms with Gasteiger partial charge in [0, 0.05) is 18.3 Å². The summed E-state index contributed by atoms with van der Waals surface area (Å²) in [5, 5.41) is 8.23. The monoisotopic (exact) mass is 299 g/mol. The summed E-state index contributed by atoms with van der Waals surface area (Å²) in [5.41, 5.74) is 8.63. The minimum Gasteiger partial charge on any atom is -0.399 e. The van der Waals surface area contributed by atoms with Gasteiger partial charge in [0.15, 0.2) is 17.5 Å². The van der Waals surface area contributed by atoms with E-state index in [0.29, 0.717) is 22.9 Å². The van der Waals surface area contributed by atoms with Crippen LogP contribution < -0.4 is 5.73 Å². The van der Waals surface area contributed by atoms with Gasteiger partial charge in [0.05, 0.1) is 11.0 Å². The van der Waals surface area contributed by atoms with Crippen molar-refractivity contribution in [1.29, 1.82) is 0 Å². The van der Waals surface area contributed by atoms with Crippen LogP contribution in [0.5, 0.6) is 0 Å². The van der Waals surface area contributed by atoms with Crippen molar-refractivity contribution in [3.05, 3.63) is 48.0 Å². The Morgan fingerprint density at radius 1 is 0.955 bits per heavy atom. The zero-order valence-electron chi connectivity index (χ0n) is 11.6. The van der Waals surface area contributed by atoms with Crippen molar-refractivity contribution in [1.82, 2.24) is 19.2 Å². The third-order valence-electron chi connectivity index (χ3n) is 3.73. The molecule has 0 bridgehead atoms. The van der Waals surface area contributed by atoms with Crippen LogP contribution in [0.4, 0.5) is 14.5 Å². The van der Waals surface area contributed by atoms with Gasteiger partial charge in [-0.2, -0.15) is 0 Å². The molecule has 5 nitrogen and oxygen atoms in total. The smallest absolute Gasteiger partial charge is 0.236 e. The molecule has 22 heavy (non-hydrogen) atoms. The molecule has 0 aliphatic carbocycles. The van der Waals surface area contributed by atoms with Crippen LogP contribution in [0.3, 0.4) is 0 Å². The second-order valence-corrected chi connectivity index (χ2v) is 5.10. The first-order valence-corrected chi connectivity index (χ1v) is 6.61. The van der Waals surface area contributed by atoms with Crippen molar-refractivity contribution in [2.24, 2.45) is 7.05 Å². The number of aryl methyl sites for hydroxylation is 1. The molecule has 110 valence electrons. The fourth-order valence-corrected chi connectivity index (χ4v) is 2.65. The Bertz CT molecular complexity index is 1030. The number of hydrogen-bond donors (Lipinski definition) is 1. The molecule has 2 heterocycles. The maximum Gasteiger partial charge on any atom is 0.236 e. The number of aromatic nitrogens is 4. The van der Waals surface area contributed by atoms with Gasteiger partial charge in [-0.25, -0.2) is 8.78 Å². The van der Waals surface area contributed by atoms with Gasteiger partial charge < -0.3 is 10.3 Å². The molecule has 7 heteroatoms. The van der Waals surface area contributed by atoms with E-state index in [1.54, 1.807) is 16.5 Å². The first-order valence-electron chi connectivity index (χ1n) is 6.61. The Morgan fingerprint density at radius 2 is 1.77 bits per heavy atom. The number of imidazole rings is 1. The molecule has 0 saturated heterocycles. The average Bonchev–Trinajstić information content (AvgIpc) is 3.03. The molecule has 0 saturated carbocycles. The van der Waals surface area contributed by atoms with Crippen molar-refractivity contribution in [2.45, 2.75) is 0 Å². The van der Waals surface area contributed by atoms with Gasteiger partial charge in [0.25, 0.3) is 0 Å². The Labute approximate surface area is 123 Å². The lowest BCUT2D eigenvalue weighted by Crippen LogP contribution is -1.92. The summed E-state index contributed by atoms with van der Waals surface area (Å²) in [4.78, 5) is 0. The van der Waals surface area contributed by atoms with Gasteiger partial charge >= 0.3 is 0 Å². The molecule has 0 spiro atoms. The van der Waals surface area contributed by atoms with Gasteiger partial charge in [-0.1, -0.05) is 0 Å². The van der Waals surface area contributed by atoms with Gasteiger partial charge in [-0.3, -0.25) is 4.40 Å². The molecule has 4 rings (SSSR count). The lowest BCUT2D eigenvalue weighted by molar-refractivity contribution is 0.509. The number of nitrogens with two attached hydrogens (primary N) is 1. The number of nitrogens with zero attached hydrogens (tertiary/aromatic N) is 4. The van der Waals surface area contributed by atoms with Crippen molar-refractivity contribution in [3.8, 4) is 11.4 Å². The molecule has 0 radical (unpaired) electrons. The van der Waals surface area contributed by atoms with E-state index >= 15 is 0 Å². The topological polar surface area (TPSA) is 61.1 Å². The highest BCUT2D eigenvalue weighted by Gasteiger charge is 2.17. The second kappa shape index (κ2) is 4.27. The molecule has 0 atom stereocenters. The average molecular weight is 299 g/mol. The maximum atomic E-state index is 13.5. The van der Waals surface area contributed by atoms with Crippen LogP contribution in [0.15, 0.2) is 36.4 Å². The number of benzene rings is 2. The third-order valence-corrected chi connectivity index (χ3v) is 3.73. The molecule has 2 aromatic heterocycles. The lowest BCUT2D eigenvalue weighted by atomic mass is 10.2. The fourth-order valence-electron chi connectivity index (χ4n) is 2.65. The Morgan fingerprint density at radius 3 is 2.55 bits per heavy atom. The summed E-state index contributed by atoms with van der Waals surface area (Å²) in [7, 11) is 1.86. The molecular weight excluding hydrogens is 288 g/mol. The van der Waals surface area contributed by atoms with Crippen LogP contribution in [0.25, 0.3) is 28.2 Å². The second-order valence-electron chi connectivity index (χ2n) is 5.10. The van der Waals surface area contributed by atoms with Crippen LogP contribution in [-0.2, 0) is 7.05 Å². The van der Waals surface area contributed by atoms with E-state index in [9.17, 15) is 8.78 Å².